The molecule has 6 aromatic carbocycles. The third kappa shape index (κ3) is 6.15. The lowest BCUT2D eigenvalue weighted by molar-refractivity contribution is 0.411. The van der Waals surface area contributed by atoms with Crippen molar-refractivity contribution in [3.05, 3.63) is 192 Å². The lowest BCUT2D eigenvalue weighted by atomic mass is 9.90. The molecule has 5 nitrogen and oxygen atoms in total. The number of nitrogens with two attached hydrogens (primary N) is 1. The van der Waals surface area contributed by atoms with Gasteiger partial charge in [0.15, 0.2) is 0 Å². The van der Waals surface area contributed by atoms with Crippen LogP contribution in [0.25, 0.3) is 21.9 Å². The second-order valence-electron chi connectivity index (χ2n) is 11.4. The number of allylic oxidation sites excluding steroid dienone is 1. The lowest BCUT2D eigenvalue weighted by Crippen LogP contribution is -2.45. The van der Waals surface area contributed by atoms with E-state index < -0.39 is 0 Å². The number of nitrogens with zero attached hydrogens (tertiary/aromatic N) is 1. The van der Waals surface area contributed by atoms with Crippen LogP contribution in [0.4, 0.5) is 0 Å². The maximum Gasteiger partial charge on any atom is 0.131 e. The minimum atomic E-state index is -0.327. The van der Waals surface area contributed by atoms with Crippen molar-refractivity contribution in [2.45, 2.75) is 18.4 Å². The predicted octanol–water partition coefficient (Wildman–Crippen LogP) is 8.47. The van der Waals surface area contributed by atoms with Gasteiger partial charge in [-0.1, -0.05) is 158 Å². The minimum Gasteiger partial charge on any atom is -0.350 e. The molecule has 6 aromatic rings. The quantitative estimate of drug-likeness (QED) is 0.133. The lowest BCUT2D eigenvalue weighted by Gasteiger charge is -2.34. The molecule has 0 bridgehead atoms. The summed E-state index contributed by atoms with van der Waals surface area (Å²) in [5, 5.41) is 18.3. The molecule has 0 saturated heterocycles. The van der Waals surface area contributed by atoms with Crippen molar-refractivity contribution in [3.8, 4) is 11.1 Å². The number of amidine groups is 1. The van der Waals surface area contributed by atoms with E-state index in [1.165, 1.54) is 10.8 Å². The molecule has 224 valence electrons. The fraction of sp³-hybridized carbons (Fsp3) is 0.0732. The first-order chi connectivity index (χ1) is 22.6. The van der Waals surface area contributed by atoms with Crippen molar-refractivity contribution in [3.63, 3.8) is 0 Å². The second kappa shape index (κ2) is 13.2. The van der Waals surface area contributed by atoms with Gasteiger partial charge in [0.1, 0.15) is 18.2 Å². The van der Waals surface area contributed by atoms with Gasteiger partial charge in [0.05, 0.1) is 5.71 Å². The largest absolute Gasteiger partial charge is 0.350 e. The first-order valence-electron chi connectivity index (χ1n) is 15.5. The Morgan fingerprint density at radius 1 is 0.696 bits per heavy atom. The van der Waals surface area contributed by atoms with Gasteiger partial charge in [-0.25, -0.2) is 4.99 Å². The first-order valence-corrected chi connectivity index (χ1v) is 15.5. The summed E-state index contributed by atoms with van der Waals surface area (Å²) in [6.07, 6.45) is 3.23. The van der Waals surface area contributed by atoms with Gasteiger partial charge in [-0.05, 0) is 44.7 Å². The van der Waals surface area contributed by atoms with Gasteiger partial charge in [-0.3, -0.25) is 5.32 Å². The van der Waals surface area contributed by atoms with Crippen molar-refractivity contribution < 1.29 is 0 Å². The van der Waals surface area contributed by atoms with E-state index in [1.54, 1.807) is 6.08 Å². The number of nitrogens with one attached hydrogen (secondary N) is 3. The zero-order valence-electron chi connectivity index (χ0n) is 25.3. The van der Waals surface area contributed by atoms with E-state index in [4.69, 9.17) is 16.1 Å². The van der Waals surface area contributed by atoms with Crippen molar-refractivity contribution in [1.29, 1.82) is 5.41 Å². The van der Waals surface area contributed by atoms with Crippen LogP contribution in [-0.2, 0) is 0 Å². The normalized spacial score (nSPS) is 16.9. The Hall–Kier alpha value is -5.62. The Labute approximate surface area is 269 Å². The summed E-state index contributed by atoms with van der Waals surface area (Å²) < 4.78 is 0. The van der Waals surface area contributed by atoms with E-state index in [-0.39, 0.29) is 18.4 Å². The maximum atomic E-state index is 8.39. The molecule has 0 amide bonds. The molecule has 1 aliphatic rings. The zero-order valence-corrected chi connectivity index (χ0v) is 25.3. The Bertz CT molecular complexity index is 2020. The molecule has 3 unspecified atom stereocenters. The monoisotopic (exact) mass is 597 g/mol. The summed E-state index contributed by atoms with van der Waals surface area (Å²) in [7, 11) is 0. The van der Waals surface area contributed by atoms with Gasteiger partial charge in [0.2, 0.25) is 0 Å². The highest BCUT2D eigenvalue weighted by Crippen LogP contribution is 2.37. The second-order valence-corrected chi connectivity index (χ2v) is 11.4. The van der Waals surface area contributed by atoms with Crippen LogP contribution in [0, 0.1) is 5.41 Å². The van der Waals surface area contributed by atoms with Crippen LogP contribution < -0.4 is 16.4 Å². The van der Waals surface area contributed by atoms with Crippen LogP contribution in [0.5, 0.6) is 0 Å². The average Bonchev–Trinajstić information content (AvgIpc) is 3.14. The molecule has 0 spiro atoms. The molecule has 1 heterocycles. The van der Waals surface area contributed by atoms with Crippen molar-refractivity contribution in [2.75, 3.05) is 0 Å². The van der Waals surface area contributed by atoms with Crippen LogP contribution in [0.15, 0.2) is 169 Å². The third-order valence-corrected chi connectivity index (χ3v) is 8.45. The smallest absolute Gasteiger partial charge is 0.131 e. The highest BCUT2D eigenvalue weighted by Gasteiger charge is 2.28. The third-order valence-electron chi connectivity index (χ3n) is 8.45. The molecule has 3 atom stereocenters. The van der Waals surface area contributed by atoms with Crippen LogP contribution >= 0.6 is 0 Å². The molecule has 0 aromatic heterocycles. The SMILES string of the molecule is N=C(/C=C\C(N)c1ccc(-c2ccc3ccccc3c2C2NC(c3ccccc3)=NC(c3ccccc3)N2)cc1)c1ccccc1. The summed E-state index contributed by atoms with van der Waals surface area (Å²) in [5.74, 6) is 0.853. The standard InChI is InChI=1S/C41H35N5/c42-36(30-13-4-1-5-14-30)26-27-37(43)31-22-20-29(21-23-31)35-25-24-28-12-10-11-19-34(28)38(35)41-45-39(32-15-6-2-7-16-32)44-40(46-41)33-17-8-3-9-18-33/h1-27,37,39,41-42,45H,43H2,(H,44,46)/b27-26-,42-36?. The van der Waals surface area contributed by atoms with E-state index in [2.05, 4.69) is 108 Å². The summed E-state index contributed by atoms with van der Waals surface area (Å²) in [4.78, 5) is 5.12. The van der Waals surface area contributed by atoms with Gasteiger partial charge >= 0.3 is 0 Å². The minimum absolute atomic E-state index is 0.215. The predicted molar refractivity (Wildman–Crippen MR) is 190 cm³/mol. The summed E-state index contributed by atoms with van der Waals surface area (Å²) in [6, 6.07) is 51.4. The van der Waals surface area contributed by atoms with E-state index in [0.29, 0.717) is 5.71 Å². The number of hydrogen-bond donors (Lipinski definition) is 4. The topological polar surface area (TPSA) is 86.3 Å². The van der Waals surface area contributed by atoms with E-state index >= 15 is 0 Å². The highest BCUT2D eigenvalue weighted by atomic mass is 15.3. The Morgan fingerprint density at radius 3 is 2.09 bits per heavy atom. The van der Waals surface area contributed by atoms with E-state index in [1.807, 2.05) is 60.7 Å². The Morgan fingerprint density at radius 2 is 1.35 bits per heavy atom. The molecule has 0 fully saturated rings. The molecular weight excluding hydrogens is 562 g/mol. The molecule has 0 radical (unpaired) electrons. The van der Waals surface area contributed by atoms with E-state index in [0.717, 1.165) is 44.8 Å². The van der Waals surface area contributed by atoms with Gasteiger partial charge in [-0.2, -0.15) is 0 Å². The Balaban J connectivity index is 1.25. The highest BCUT2D eigenvalue weighted by molar-refractivity contribution is 6.06. The van der Waals surface area contributed by atoms with Crippen LogP contribution in [0.3, 0.4) is 0 Å². The number of rotatable bonds is 8. The van der Waals surface area contributed by atoms with Crippen molar-refractivity contribution in [1.82, 2.24) is 10.6 Å². The summed E-state index contributed by atoms with van der Waals surface area (Å²) in [6.45, 7) is 0. The molecule has 46 heavy (non-hydrogen) atoms. The molecule has 1 aliphatic heterocycles. The van der Waals surface area contributed by atoms with Crippen LogP contribution in [0.1, 0.15) is 46.2 Å². The van der Waals surface area contributed by atoms with Crippen molar-refractivity contribution >= 4 is 22.3 Å². The van der Waals surface area contributed by atoms with Gasteiger partial charge < -0.3 is 16.5 Å². The number of aliphatic imine (C=N–C) groups is 1. The van der Waals surface area contributed by atoms with Gasteiger partial charge in [0.25, 0.3) is 0 Å². The fourth-order valence-corrected chi connectivity index (χ4v) is 6.02. The summed E-state index contributed by atoms with van der Waals surface area (Å²) >= 11 is 0. The zero-order chi connectivity index (χ0) is 31.3. The summed E-state index contributed by atoms with van der Waals surface area (Å²) in [5.41, 5.74) is 14.4. The van der Waals surface area contributed by atoms with Crippen molar-refractivity contribution in [2.24, 2.45) is 10.7 Å². The average molecular weight is 598 g/mol. The number of hydrogen-bond acceptors (Lipinski definition) is 5. The molecule has 7 rings (SSSR count). The molecule has 0 saturated carbocycles. The first kappa shape index (κ1) is 29.1. The van der Waals surface area contributed by atoms with Gasteiger partial charge in [-0.15, -0.1) is 0 Å². The molecule has 5 heteroatoms. The molecule has 5 N–H and O–H groups in total. The Kier molecular flexibility index (Phi) is 8.33. The van der Waals surface area contributed by atoms with Gasteiger partial charge in [0, 0.05) is 17.2 Å². The van der Waals surface area contributed by atoms with Crippen LogP contribution in [0.2, 0.25) is 0 Å². The maximum absolute atomic E-state index is 8.39. The number of benzene rings is 6. The van der Waals surface area contributed by atoms with Crippen LogP contribution in [-0.4, -0.2) is 11.5 Å². The molecule has 0 aliphatic carbocycles. The fourth-order valence-electron chi connectivity index (χ4n) is 6.02. The van der Waals surface area contributed by atoms with E-state index in [9.17, 15) is 0 Å². The number of fused-ring (bicyclic) bond motifs is 1. The molecular formula is C41H35N5.